The third-order valence-electron chi connectivity index (χ3n) is 4.21. The fourth-order valence-corrected chi connectivity index (χ4v) is 2.58. The first-order valence-corrected chi connectivity index (χ1v) is 8.75. The minimum atomic E-state index is -0.411. The van der Waals surface area contributed by atoms with Gasteiger partial charge in [-0.3, -0.25) is 25.2 Å². The summed E-state index contributed by atoms with van der Waals surface area (Å²) in [4.78, 5) is 38.3. The first-order valence-electron chi connectivity index (χ1n) is 8.75. The van der Waals surface area contributed by atoms with Crippen LogP contribution in [0.2, 0.25) is 0 Å². The van der Waals surface area contributed by atoms with Crippen molar-refractivity contribution >= 4 is 23.3 Å². The molecule has 2 aromatic rings. The van der Waals surface area contributed by atoms with E-state index in [0.717, 1.165) is 16.8 Å². The van der Waals surface area contributed by atoms with E-state index in [4.69, 9.17) is 0 Å². The number of ketones is 1. The number of nitrogens with one attached hydrogen (secondary N) is 2. The molecular weight excluding hydrogens is 342 g/mol. The molecule has 0 aromatic heterocycles. The summed E-state index contributed by atoms with van der Waals surface area (Å²) in [5.41, 5.74) is 8.58. The van der Waals surface area contributed by atoms with Gasteiger partial charge in [-0.15, -0.1) is 0 Å². The van der Waals surface area contributed by atoms with Crippen LogP contribution >= 0.6 is 0 Å². The Morgan fingerprint density at radius 3 is 2.37 bits per heavy atom. The summed E-state index contributed by atoms with van der Waals surface area (Å²) in [6, 6.07) is 12.7. The SMILES string of the molecule is Cc1ccc(C)c(C(=O)CCC(=O)NNC(=O)c2cccc(N(C)C)c2)c1. The van der Waals surface area contributed by atoms with Gasteiger partial charge in [0, 0.05) is 43.8 Å². The summed E-state index contributed by atoms with van der Waals surface area (Å²) in [5.74, 6) is -0.907. The molecule has 0 saturated carbocycles. The molecule has 0 saturated heterocycles. The van der Waals surface area contributed by atoms with Crippen LogP contribution < -0.4 is 15.8 Å². The van der Waals surface area contributed by atoms with Gasteiger partial charge in [0.1, 0.15) is 0 Å². The number of aryl methyl sites for hydroxylation is 2. The van der Waals surface area contributed by atoms with E-state index in [9.17, 15) is 14.4 Å². The molecule has 0 bridgehead atoms. The van der Waals surface area contributed by atoms with Crippen molar-refractivity contribution in [1.29, 1.82) is 0 Å². The molecule has 2 rings (SSSR count). The first kappa shape index (κ1) is 20.2. The van der Waals surface area contributed by atoms with Crippen molar-refractivity contribution in [2.24, 2.45) is 0 Å². The van der Waals surface area contributed by atoms with E-state index in [-0.39, 0.29) is 18.6 Å². The average molecular weight is 367 g/mol. The van der Waals surface area contributed by atoms with Crippen LogP contribution in [0.3, 0.4) is 0 Å². The lowest BCUT2D eigenvalue weighted by Crippen LogP contribution is -2.41. The third-order valence-corrected chi connectivity index (χ3v) is 4.21. The smallest absolute Gasteiger partial charge is 0.269 e. The van der Waals surface area contributed by atoms with Gasteiger partial charge >= 0.3 is 0 Å². The Labute approximate surface area is 159 Å². The minimum absolute atomic E-state index is 0.00420. The van der Waals surface area contributed by atoms with Crippen molar-refractivity contribution in [1.82, 2.24) is 10.9 Å². The van der Waals surface area contributed by atoms with E-state index in [1.165, 1.54) is 0 Å². The van der Waals surface area contributed by atoms with Crippen molar-refractivity contribution in [2.75, 3.05) is 19.0 Å². The maximum Gasteiger partial charge on any atom is 0.269 e. The Morgan fingerprint density at radius 1 is 0.926 bits per heavy atom. The van der Waals surface area contributed by atoms with Crippen LogP contribution in [0.15, 0.2) is 42.5 Å². The van der Waals surface area contributed by atoms with Crippen LogP contribution in [-0.2, 0) is 4.79 Å². The zero-order chi connectivity index (χ0) is 20.0. The van der Waals surface area contributed by atoms with E-state index in [1.54, 1.807) is 18.2 Å². The van der Waals surface area contributed by atoms with E-state index in [0.29, 0.717) is 11.1 Å². The van der Waals surface area contributed by atoms with E-state index < -0.39 is 11.8 Å². The molecule has 0 spiro atoms. The normalized spacial score (nSPS) is 10.2. The van der Waals surface area contributed by atoms with Gasteiger partial charge < -0.3 is 4.90 Å². The molecule has 0 radical (unpaired) electrons. The lowest BCUT2D eigenvalue weighted by Gasteiger charge is -2.13. The number of hydrazine groups is 1. The first-order chi connectivity index (χ1) is 12.8. The number of benzene rings is 2. The van der Waals surface area contributed by atoms with Crippen LogP contribution in [0.5, 0.6) is 0 Å². The predicted molar refractivity (Wildman–Crippen MR) is 106 cm³/mol. The standard InChI is InChI=1S/C21H25N3O3/c1-14-8-9-15(2)18(12-14)19(25)10-11-20(26)22-23-21(27)16-6-5-7-17(13-16)24(3)4/h5-9,12-13H,10-11H2,1-4H3,(H,22,26)(H,23,27). The highest BCUT2D eigenvalue weighted by Crippen LogP contribution is 2.14. The summed E-state index contributed by atoms with van der Waals surface area (Å²) in [6.07, 6.45) is 0.0896. The average Bonchev–Trinajstić information content (AvgIpc) is 2.66. The number of hydrogen-bond donors (Lipinski definition) is 2. The predicted octanol–water partition coefficient (Wildman–Crippen LogP) is 2.79. The molecule has 6 nitrogen and oxygen atoms in total. The maximum absolute atomic E-state index is 12.3. The molecule has 27 heavy (non-hydrogen) atoms. The highest BCUT2D eigenvalue weighted by Gasteiger charge is 2.13. The Balaban J connectivity index is 1.85. The van der Waals surface area contributed by atoms with Gasteiger partial charge in [-0.1, -0.05) is 23.8 Å². The molecule has 0 aliphatic heterocycles. The van der Waals surface area contributed by atoms with Crippen LogP contribution in [0, 0.1) is 13.8 Å². The number of amides is 2. The quantitative estimate of drug-likeness (QED) is 0.608. The lowest BCUT2D eigenvalue weighted by molar-refractivity contribution is -0.121. The number of nitrogens with zero attached hydrogens (tertiary/aromatic N) is 1. The zero-order valence-corrected chi connectivity index (χ0v) is 16.1. The fraction of sp³-hybridized carbons (Fsp3) is 0.286. The number of carbonyl (C=O) groups excluding carboxylic acids is 3. The number of Topliss-reactive ketones (excluding diaryl/α,β-unsaturated/α-hetero) is 1. The van der Waals surface area contributed by atoms with Crippen LogP contribution in [0.1, 0.15) is 44.7 Å². The molecule has 0 aliphatic carbocycles. The minimum Gasteiger partial charge on any atom is -0.378 e. The fourth-order valence-electron chi connectivity index (χ4n) is 2.58. The van der Waals surface area contributed by atoms with E-state index in [1.807, 2.05) is 57.1 Å². The molecule has 2 N–H and O–H groups in total. The molecule has 2 aromatic carbocycles. The van der Waals surface area contributed by atoms with Gasteiger partial charge in [0.25, 0.3) is 5.91 Å². The van der Waals surface area contributed by atoms with Gasteiger partial charge in [-0.05, 0) is 43.7 Å². The molecule has 142 valence electrons. The summed E-state index contributed by atoms with van der Waals surface area (Å²) >= 11 is 0. The molecule has 0 fully saturated rings. The molecule has 0 heterocycles. The number of anilines is 1. The number of carbonyl (C=O) groups is 3. The molecule has 6 heteroatoms. The number of rotatable bonds is 6. The summed E-state index contributed by atoms with van der Waals surface area (Å²) in [6.45, 7) is 3.79. The van der Waals surface area contributed by atoms with E-state index >= 15 is 0 Å². The largest absolute Gasteiger partial charge is 0.378 e. The van der Waals surface area contributed by atoms with Gasteiger partial charge in [0.05, 0.1) is 0 Å². The molecular formula is C21H25N3O3. The monoisotopic (exact) mass is 367 g/mol. The Bertz CT molecular complexity index is 860. The molecule has 0 aliphatic rings. The second-order valence-electron chi connectivity index (χ2n) is 6.69. The van der Waals surface area contributed by atoms with Crippen molar-refractivity contribution in [3.05, 3.63) is 64.7 Å². The highest BCUT2D eigenvalue weighted by molar-refractivity contribution is 6.00. The summed E-state index contributed by atoms with van der Waals surface area (Å²) in [7, 11) is 3.76. The second-order valence-corrected chi connectivity index (χ2v) is 6.69. The molecule has 0 unspecified atom stereocenters. The van der Waals surface area contributed by atoms with Crippen molar-refractivity contribution in [3.63, 3.8) is 0 Å². The lowest BCUT2D eigenvalue weighted by atomic mass is 9.99. The second kappa shape index (κ2) is 8.98. The van der Waals surface area contributed by atoms with Crippen molar-refractivity contribution in [2.45, 2.75) is 26.7 Å². The molecule has 0 atom stereocenters. The summed E-state index contributed by atoms with van der Waals surface area (Å²) < 4.78 is 0. The van der Waals surface area contributed by atoms with Crippen molar-refractivity contribution in [3.8, 4) is 0 Å². The number of hydrogen-bond acceptors (Lipinski definition) is 4. The van der Waals surface area contributed by atoms with Gasteiger partial charge in [0.15, 0.2) is 5.78 Å². The van der Waals surface area contributed by atoms with Crippen molar-refractivity contribution < 1.29 is 14.4 Å². The topological polar surface area (TPSA) is 78.5 Å². The third kappa shape index (κ3) is 5.67. The van der Waals surface area contributed by atoms with Gasteiger partial charge in [0.2, 0.25) is 5.91 Å². The Morgan fingerprint density at radius 2 is 1.67 bits per heavy atom. The van der Waals surface area contributed by atoms with Gasteiger partial charge in [-0.2, -0.15) is 0 Å². The maximum atomic E-state index is 12.3. The van der Waals surface area contributed by atoms with Crippen LogP contribution in [0.4, 0.5) is 5.69 Å². The zero-order valence-electron chi connectivity index (χ0n) is 16.1. The van der Waals surface area contributed by atoms with Crippen LogP contribution in [0.25, 0.3) is 0 Å². The van der Waals surface area contributed by atoms with Gasteiger partial charge in [-0.25, -0.2) is 0 Å². The van der Waals surface area contributed by atoms with E-state index in [2.05, 4.69) is 10.9 Å². The Hall–Kier alpha value is -3.15. The molecule has 2 amide bonds. The van der Waals surface area contributed by atoms with Crippen LogP contribution in [-0.4, -0.2) is 31.7 Å². The Kier molecular flexibility index (Phi) is 6.71. The highest BCUT2D eigenvalue weighted by atomic mass is 16.2. The summed E-state index contributed by atoms with van der Waals surface area (Å²) in [5, 5.41) is 0.